The van der Waals surface area contributed by atoms with Crippen LogP contribution in [0.4, 0.5) is 5.69 Å². The highest BCUT2D eigenvalue weighted by Gasteiger charge is 2.16. The summed E-state index contributed by atoms with van der Waals surface area (Å²) in [6.07, 6.45) is 2.27. The van der Waals surface area contributed by atoms with Crippen LogP contribution in [0.1, 0.15) is 23.7 Å². The number of hydrogen-bond donors (Lipinski definition) is 3. The van der Waals surface area contributed by atoms with Crippen LogP contribution in [0.3, 0.4) is 0 Å². The van der Waals surface area contributed by atoms with Gasteiger partial charge in [0.25, 0.3) is 5.91 Å². The Bertz CT molecular complexity index is 1020. The molecule has 1 amide bonds. The summed E-state index contributed by atoms with van der Waals surface area (Å²) in [4.78, 5) is 12.7. The molecule has 0 saturated heterocycles. The summed E-state index contributed by atoms with van der Waals surface area (Å²) in [5.41, 5.74) is 0.872. The van der Waals surface area contributed by atoms with E-state index in [9.17, 15) is 13.2 Å². The average molecular weight is 512 g/mol. The van der Waals surface area contributed by atoms with E-state index in [4.69, 9.17) is 17.0 Å². The monoisotopic (exact) mass is 511 g/mol. The summed E-state index contributed by atoms with van der Waals surface area (Å²) < 4.78 is 32.9. The molecule has 3 N–H and O–H groups in total. The van der Waals surface area contributed by atoms with Gasteiger partial charge in [0.15, 0.2) is 5.11 Å². The van der Waals surface area contributed by atoms with Crippen molar-refractivity contribution in [3.8, 4) is 5.75 Å². The van der Waals surface area contributed by atoms with E-state index in [0.717, 1.165) is 10.9 Å². The minimum atomic E-state index is -3.61. The minimum Gasteiger partial charge on any atom is -0.493 e. The van der Waals surface area contributed by atoms with Crippen LogP contribution in [-0.2, 0) is 10.0 Å². The van der Waals surface area contributed by atoms with E-state index < -0.39 is 15.9 Å². The second-order valence-corrected chi connectivity index (χ2v) is 9.15. The summed E-state index contributed by atoms with van der Waals surface area (Å²) in [5.74, 6) is 0.0367. The predicted molar refractivity (Wildman–Crippen MR) is 125 cm³/mol. The van der Waals surface area contributed by atoms with Crippen molar-refractivity contribution >= 4 is 54.9 Å². The van der Waals surface area contributed by atoms with Crippen LogP contribution in [0, 0.1) is 0 Å². The molecule has 2 aromatic carbocycles. The van der Waals surface area contributed by atoms with E-state index in [2.05, 4.69) is 37.9 Å². The third-order valence-corrected chi connectivity index (χ3v) is 5.85. The predicted octanol–water partition coefficient (Wildman–Crippen LogP) is 3.83. The molecule has 0 atom stereocenters. The maximum Gasteiger partial charge on any atom is 0.261 e. The van der Waals surface area contributed by atoms with Crippen LogP contribution in [0.5, 0.6) is 5.75 Å². The van der Waals surface area contributed by atoms with E-state index in [1.54, 1.807) is 30.3 Å². The molecule has 0 aromatic heterocycles. The van der Waals surface area contributed by atoms with Gasteiger partial charge >= 0.3 is 0 Å². The summed E-state index contributed by atoms with van der Waals surface area (Å²) in [5, 5.41) is 5.53. The molecule has 0 unspecified atom stereocenters. The molecule has 0 heterocycles. The third kappa shape index (κ3) is 6.91. The van der Waals surface area contributed by atoms with Gasteiger partial charge in [0.05, 0.1) is 17.1 Å². The van der Waals surface area contributed by atoms with Gasteiger partial charge in [-0.25, -0.2) is 13.1 Å². The largest absolute Gasteiger partial charge is 0.493 e. The number of nitrogens with one attached hydrogen (secondary N) is 3. The van der Waals surface area contributed by atoms with Crippen LogP contribution in [-0.4, -0.2) is 32.6 Å². The first-order valence-corrected chi connectivity index (χ1v) is 11.7. The zero-order valence-electron chi connectivity index (χ0n) is 16.3. The Balaban J connectivity index is 2.05. The molecule has 160 valence electrons. The molecule has 2 aromatic rings. The Morgan fingerprint density at radius 2 is 1.93 bits per heavy atom. The van der Waals surface area contributed by atoms with E-state index in [1.807, 2.05) is 6.92 Å². The smallest absolute Gasteiger partial charge is 0.261 e. The minimum absolute atomic E-state index is 0.0711. The number of amides is 1. The SMILES string of the molecule is C=CCNS(=O)(=O)c1ccc(NC(=S)NC(=O)c2cc(Br)ccc2OCCC)cc1. The lowest BCUT2D eigenvalue weighted by Gasteiger charge is -2.13. The molecular formula is C20H22BrN3O4S2. The lowest BCUT2D eigenvalue weighted by Crippen LogP contribution is -2.34. The van der Waals surface area contributed by atoms with Crippen molar-refractivity contribution in [2.75, 3.05) is 18.5 Å². The van der Waals surface area contributed by atoms with Gasteiger partial charge < -0.3 is 10.1 Å². The first kappa shape index (κ1) is 24.0. The zero-order valence-corrected chi connectivity index (χ0v) is 19.5. The molecule has 0 radical (unpaired) electrons. The molecule has 0 aliphatic carbocycles. The quantitative estimate of drug-likeness (QED) is 0.349. The molecule has 2 rings (SSSR count). The lowest BCUT2D eigenvalue weighted by molar-refractivity contribution is 0.0973. The molecule has 0 aliphatic rings. The highest BCUT2D eigenvalue weighted by atomic mass is 79.9. The maximum absolute atomic E-state index is 12.6. The fourth-order valence-electron chi connectivity index (χ4n) is 2.32. The normalized spacial score (nSPS) is 10.9. The molecule has 0 spiro atoms. The lowest BCUT2D eigenvalue weighted by atomic mass is 10.2. The van der Waals surface area contributed by atoms with Crippen LogP contribution < -0.4 is 20.1 Å². The first-order valence-electron chi connectivity index (χ1n) is 9.02. The number of carbonyl (C=O) groups excluding carboxylic acids is 1. The molecule has 10 heteroatoms. The fraction of sp³-hybridized carbons (Fsp3) is 0.200. The number of rotatable bonds is 9. The van der Waals surface area contributed by atoms with E-state index in [-0.39, 0.29) is 16.6 Å². The van der Waals surface area contributed by atoms with Gasteiger partial charge in [-0.2, -0.15) is 0 Å². The number of halogens is 1. The van der Waals surface area contributed by atoms with Gasteiger partial charge in [-0.1, -0.05) is 28.9 Å². The summed E-state index contributed by atoms with van der Waals surface area (Å²) in [7, 11) is -3.61. The first-order chi connectivity index (χ1) is 14.3. The Morgan fingerprint density at radius 3 is 2.57 bits per heavy atom. The van der Waals surface area contributed by atoms with Gasteiger partial charge in [-0.05, 0) is 61.1 Å². The molecule has 30 heavy (non-hydrogen) atoms. The molecule has 0 fully saturated rings. The van der Waals surface area contributed by atoms with Gasteiger partial charge in [0, 0.05) is 16.7 Å². The fourth-order valence-corrected chi connectivity index (χ4v) is 3.89. The van der Waals surface area contributed by atoms with E-state index in [1.165, 1.54) is 18.2 Å². The van der Waals surface area contributed by atoms with Crippen molar-refractivity contribution in [1.82, 2.24) is 10.0 Å². The standard InChI is InChI=1S/C20H22BrN3O4S2/c1-3-11-22-30(26,27)16-8-6-15(7-9-16)23-20(29)24-19(25)17-13-14(21)5-10-18(17)28-12-4-2/h3,5-10,13,22H,1,4,11-12H2,2H3,(H2,23,24,25,29). The maximum atomic E-state index is 12.6. The Kier molecular flexibility index (Phi) is 8.97. The number of sulfonamides is 1. The second-order valence-electron chi connectivity index (χ2n) is 6.06. The van der Waals surface area contributed by atoms with Crippen molar-refractivity contribution in [2.24, 2.45) is 0 Å². The molecule has 0 saturated carbocycles. The number of thiocarbonyl (C=S) groups is 1. The Labute approximate surface area is 190 Å². The van der Waals surface area contributed by atoms with Crippen LogP contribution >= 0.6 is 28.1 Å². The van der Waals surface area contributed by atoms with Crippen molar-refractivity contribution < 1.29 is 17.9 Å². The van der Waals surface area contributed by atoms with Crippen molar-refractivity contribution in [3.63, 3.8) is 0 Å². The van der Waals surface area contributed by atoms with Crippen LogP contribution in [0.25, 0.3) is 0 Å². The van der Waals surface area contributed by atoms with Crippen LogP contribution in [0.15, 0.2) is 64.5 Å². The summed E-state index contributed by atoms with van der Waals surface area (Å²) in [6, 6.07) is 11.1. The molecule has 0 aliphatic heterocycles. The highest BCUT2D eigenvalue weighted by Crippen LogP contribution is 2.23. The Morgan fingerprint density at radius 1 is 1.23 bits per heavy atom. The summed E-state index contributed by atoms with van der Waals surface area (Å²) >= 11 is 8.55. The average Bonchev–Trinajstić information content (AvgIpc) is 2.71. The highest BCUT2D eigenvalue weighted by molar-refractivity contribution is 9.10. The van der Waals surface area contributed by atoms with E-state index >= 15 is 0 Å². The number of ether oxygens (including phenoxy) is 1. The van der Waals surface area contributed by atoms with Crippen molar-refractivity contribution in [3.05, 3.63) is 65.2 Å². The third-order valence-electron chi connectivity index (χ3n) is 3.72. The number of benzene rings is 2. The summed E-state index contributed by atoms with van der Waals surface area (Å²) in [6.45, 7) is 6.08. The van der Waals surface area contributed by atoms with Gasteiger partial charge in [-0.3, -0.25) is 10.1 Å². The second kappa shape index (κ2) is 11.2. The Hall–Kier alpha value is -2.27. The van der Waals surface area contributed by atoms with Gasteiger partial charge in [0.1, 0.15) is 5.75 Å². The van der Waals surface area contributed by atoms with E-state index in [0.29, 0.717) is 23.6 Å². The topological polar surface area (TPSA) is 96.5 Å². The van der Waals surface area contributed by atoms with Gasteiger partial charge in [-0.15, -0.1) is 6.58 Å². The number of anilines is 1. The van der Waals surface area contributed by atoms with Crippen molar-refractivity contribution in [2.45, 2.75) is 18.2 Å². The molecular weight excluding hydrogens is 490 g/mol. The molecule has 7 nitrogen and oxygen atoms in total. The van der Waals surface area contributed by atoms with Gasteiger partial charge in [0.2, 0.25) is 10.0 Å². The molecule has 0 bridgehead atoms. The zero-order chi connectivity index (χ0) is 22.1. The number of hydrogen-bond acceptors (Lipinski definition) is 5. The van der Waals surface area contributed by atoms with Crippen LogP contribution in [0.2, 0.25) is 0 Å². The number of carbonyl (C=O) groups is 1. The van der Waals surface area contributed by atoms with Crippen molar-refractivity contribution in [1.29, 1.82) is 0 Å².